The summed E-state index contributed by atoms with van der Waals surface area (Å²) >= 11 is 0. The lowest BCUT2D eigenvalue weighted by atomic mass is 9.86. The molecule has 0 aliphatic carbocycles. The summed E-state index contributed by atoms with van der Waals surface area (Å²) in [6.45, 7) is 5.56. The van der Waals surface area contributed by atoms with Gasteiger partial charge in [-0.05, 0) is 12.3 Å². The minimum absolute atomic E-state index is 0.0125. The molecule has 94 valence electrons. The summed E-state index contributed by atoms with van der Waals surface area (Å²) in [6.07, 6.45) is 0.965. The molecule has 5 heteroatoms. The molecule has 1 aliphatic heterocycles. The normalized spacial score (nSPS) is 20.5. The average molecular weight is 230 g/mol. The number of carboxylic acids is 1. The van der Waals surface area contributed by atoms with E-state index in [1.54, 1.807) is 0 Å². The maximum absolute atomic E-state index is 10.8. The van der Waals surface area contributed by atoms with Crippen molar-refractivity contribution in [3.05, 3.63) is 0 Å². The standard InChI is InChI=1S/C11H22N2O3/c1-8(2)3-9(5-14)13-11(4-10(15)16)6-12-7-11/h8-9,12-14H,3-7H2,1-2H3,(H,15,16). The van der Waals surface area contributed by atoms with Crippen LogP contribution < -0.4 is 10.6 Å². The van der Waals surface area contributed by atoms with E-state index in [-0.39, 0.29) is 24.6 Å². The van der Waals surface area contributed by atoms with Gasteiger partial charge in [0, 0.05) is 19.1 Å². The number of hydrogen-bond acceptors (Lipinski definition) is 4. The van der Waals surface area contributed by atoms with Crippen LogP contribution in [-0.2, 0) is 4.79 Å². The van der Waals surface area contributed by atoms with E-state index < -0.39 is 5.97 Å². The number of hydrogen-bond donors (Lipinski definition) is 4. The summed E-state index contributed by atoms with van der Waals surface area (Å²) in [7, 11) is 0. The van der Waals surface area contributed by atoms with E-state index in [1.807, 2.05) is 0 Å². The predicted molar refractivity (Wildman–Crippen MR) is 61.3 cm³/mol. The molecule has 0 radical (unpaired) electrons. The fourth-order valence-corrected chi connectivity index (χ4v) is 2.18. The maximum atomic E-state index is 10.8. The second kappa shape index (κ2) is 5.61. The van der Waals surface area contributed by atoms with Crippen LogP contribution >= 0.6 is 0 Å². The zero-order chi connectivity index (χ0) is 12.2. The molecule has 1 rings (SSSR count). The molecule has 4 N–H and O–H groups in total. The molecule has 5 nitrogen and oxygen atoms in total. The van der Waals surface area contributed by atoms with Gasteiger partial charge in [0.1, 0.15) is 0 Å². The summed E-state index contributed by atoms with van der Waals surface area (Å²) in [5.41, 5.74) is -0.367. The van der Waals surface area contributed by atoms with Crippen LogP contribution in [0, 0.1) is 5.92 Å². The van der Waals surface area contributed by atoms with E-state index in [0.717, 1.165) is 6.42 Å². The van der Waals surface area contributed by atoms with Gasteiger partial charge >= 0.3 is 5.97 Å². The van der Waals surface area contributed by atoms with E-state index in [0.29, 0.717) is 19.0 Å². The van der Waals surface area contributed by atoms with Crippen molar-refractivity contribution < 1.29 is 15.0 Å². The van der Waals surface area contributed by atoms with Gasteiger partial charge in [0.05, 0.1) is 18.6 Å². The Morgan fingerprint density at radius 3 is 2.44 bits per heavy atom. The van der Waals surface area contributed by atoms with Gasteiger partial charge in [-0.25, -0.2) is 0 Å². The molecule has 1 fully saturated rings. The minimum Gasteiger partial charge on any atom is -0.481 e. The molecule has 0 aromatic rings. The minimum atomic E-state index is -0.796. The van der Waals surface area contributed by atoms with Gasteiger partial charge in [-0.2, -0.15) is 0 Å². The number of nitrogens with one attached hydrogen (secondary N) is 2. The van der Waals surface area contributed by atoms with Crippen LogP contribution in [0.25, 0.3) is 0 Å². The summed E-state index contributed by atoms with van der Waals surface area (Å²) < 4.78 is 0. The largest absolute Gasteiger partial charge is 0.481 e. The van der Waals surface area contributed by atoms with Gasteiger partial charge in [-0.3, -0.25) is 4.79 Å². The van der Waals surface area contributed by atoms with Gasteiger partial charge in [0.15, 0.2) is 0 Å². The van der Waals surface area contributed by atoms with Crippen LogP contribution in [0.5, 0.6) is 0 Å². The lowest BCUT2D eigenvalue weighted by Gasteiger charge is -2.45. The first kappa shape index (κ1) is 13.4. The lowest BCUT2D eigenvalue weighted by molar-refractivity contribution is -0.139. The Morgan fingerprint density at radius 1 is 1.50 bits per heavy atom. The quantitative estimate of drug-likeness (QED) is 0.487. The van der Waals surface area contributed by atoms with Crippen molar-refractivity contribution in [1.29, 1.82) is 0 Å². The van der Waals surface area contributed by atoms with Crippen molar-refractivity contribution >= 4 is 5.97 Å². The maximum Gasteiger partial charge on any atom is 0.305 e. The van der Waals surface area contributed by atoms with Crippen molar-refractivity contribution in [3.8, 4) is 0 Å². The summed E-state index contributed by atoms with van der Waals surface area (Å²) in [5.74, 6) is -0.310. The molecule has 16 heavy (non-hydrogen) atoms. The molecule has 1 heterocycles. The molecule has 0 saturated carbocycles. The average Bonchev–Trinajstić information content (AvgIpc) is 2.11. The molecule has 0 bridgehead atoms. The van der Waals surface area contributed by atoms with E-state index in [9.17, 15) is 9.90 Å². The Kier molecular flexibility index (Phi) is 4.70. The van der Waals surface area contributed by atoms with Crippen LogP contribution in [0.3, 0.4) is 0 Å². The second-order valence-electron chi connectivity index (χ2n) is 5.11. The van der Waals surface area contributed by atoms with Crippen LogP contribution in [0.4, 0.5) is 0 Å². The number of carboxylic acid groups (broad SMARTS) is 1. The van der Waals surface area contributed by atoms with Gasteiger partial charge in [-0.15, -0.1) is 0 Å². The Hall–Kier alpha value is -0.650. The van der Waals surface area contributed by atoms with Crippen LogP contribution in [0.15, 0.2) is 0 Å². The van der Waals surface area contributed by atoms with E-state index in [1.165, 1.54) is 0 Å². The highest BCUT2D eigenvalue weighted by molar-refractivity contribution is 5.68. The first-order valence-electron chi connectivity index (χ1n) is 5.78. The van der Waals surface area contributed by atoms with Crippen LogP contribution in [0.1, 0.15) is 26.7 Å². The zero-order valence-electron chi connectivity index (χ0n) is 9.99. The number of aliphatic hydroxyl groups is 1. The molecule has 1 atom stereocenters. The van der Waals surface area contributed by atoms with E-state index >= 15 is 0 Å². The molecule has 1 saturated heterocycles. The fraction of sp³-hybridized carbons (Fsp3) is 0.909. The van der Waals surface area contributed by atoms with Crippen molar-refractivity contribution in [2.24, 2.45) is 5.92 Å². The smallest absolute Gasteiger partial charge is 0.305 e. The first-order chi connectivity index (χ1) is 7.47. The zero-order valence-corrected chi connectivity index (χ0v) is 9.99. The topological polar surface area (TPSA) is 81.6 Å². The third kappa shape index (κ3) is 3.73. The molecule has 0 aromatic carbocycles. The third-order valence-corrected chi connectivity index (χ3v) is 2.90. The van der Waals surface area contributed by atoms with Crippen molar-refractivity contribution in [2.45, 2.75) is 38.3 Å². The highest BCUT2D eigenvalue weighted by Crippen LogP contribution is 2.18. The molecule has 1 aliphatic rings. The summed E-state index contributed by atoms with van der Waals surface area (Å²) in [5, 5.41) is 24.5. The number of aliphatic hydroxyl groups excluding tert-OH is 1. The Balaban J connectivity index is 2.50. The van der Waals surface area contributed by atoms with E-state index in [2.05, 4.69) is 24.5 Å². The third-order valence-electron chi connectivity index (χ3n) is 2.90. The lowest BCUT2D eigenvalue weighted by Crippen LogP contribution is -2.70. The van der Waals surface area contributed by atoms with Gasteiger partial charge in [0.25, 0.3) is 0 Å². The monoisotopic (exact) mass is 230 g/mol. The Labute approximate surface area is 96.2 Å². The van der Waals surface area contributed by atoms with Crippen molar-refractivity contribution in [3.63, 3.8) is 0 Å². The summed E-state index contributed by atoms with van der Waals surface area (Å²) in [4.78, 5) is 10.8. The van der Waals surface area contributed by atoms with Crippen molar-refractivity contribution in [1.82, 2.24) is 10.6 Å². The highest BCUT2D eigenvalue weighted by atomic mass is 16.4. The first-order valence-corrected chi connectivity index (χ1v) is 5.78. The molecule has 0 aromatic heterocycles. The molecular weight excluding hydrogens is 208 g/mol. The van der Waals surface area contributed by atoms with Crippen molar-refractivity contribution in [2.75, 3.05) is 19.7 Å². The number of rotatable bonds is 7. The number of carbonyl (C=O) groups is 1. The Morgan fingerprint density at radius 2 is 2.12 bits per heavy atom. The van der Waals surface area contributed by atoms with Crippen LogP contribution in [0.2, 0.25) is 0 Å². The van der Waals surface area contributed by atoms with Gasteiger partial charge in [-0.1, -0.05) is 13.8 Å². The second-order valence-corrected chi connectivity index (χ2v) is 5.11. The van der Waals surface area contributed by atoms with Crippen LogP contribution in [-0.4, -0.2) is 47.5 Å². The molecule has 1 unspecified atom stereocenters. The van der Waals surface area contributed by atoms with E-state index in [4.69, 9.17) is 5.11 Å². The SMILES string of the molecule is CC(C)CC(CO)NC1(CC(=O)O)CNC1. The summed E-state index contributed by atoms with van der Waals surface area (Å²) in [6, 6.07) is -0.0125. The fourth-order valence-electron chi connectivity index (χ4n) is 2.18. The molecule has 0 amide bonds. The molecular formula is C11H22N2O3. The highest BCUT2D eigenvalue weighted by Gasteiger charge is 2.40. The molecule has 0 spiro atoms. The predicted octanol–water partition coefficient (Wildman–Crippen LogP) is -0.200. The number of aliphatic carboxylic acids is 1. The Bertz CT molecular complexity index is 239. The van der Waals surface area contributed by atoms with Gasteiger partial charge < -0.3 is 20.8 Å². The van der Waals surface area contributed by atoms with Gasteiger partial charge in [0.2, 0.25) is 0 Å².